The van der Waals surface area contributed by atoms with Gasteiger partial charge in [0.05, 0.1) is 17.6 Å². The maximum absolute atomic E-state index is 12.7. The molecule has 2 aliphatic rings. The number of ether oxygens (including phenoxy) is 1. The number of rotatable bonds is 4. The molecule has 2 fully saturated rings. The van der Waals surface area contributed by atoms with Gasteiger partial charge in [0.15, 0.2) is 0 Å². The minimum Gasteiger partial charge on any atom is -0.376 e. The van der Waals surface area contributed by atoms with Gasteiger partial charge in [0.25, 0.3) is 5.91 Å². The van der Waals surface area contributed by atoms with Crippen LogP contribution in [0.25, 0.3) is 0 Å². The van der Waals surface area contributed by atoms with E-state index in [0.29, 0.717) is 25.3 Å². The summed E-state index contributed by atoms with van der Waals surface area (Å²) in [4.78, 5) is 12.7. The molecule has 1 N–H and O–H groups in total. The molecule has 1 heterocycles. The first-order chi connectivity index (χ1) is 12.5. The van der Waals surface area contributed by atoms with Gasteiger partial charge in [0, 0.05) is 24.7 Å². The second kappa shape index (κ2) is 8.50. The molecule has 6 nitrogen and oxygen atoms in total. The van der Waals surface area contributed by atoms with Crippen molar-refractivity contribution in [2.75, 3.05) is 19.7 Å². The van der Waals surface area contributed by atoms with Gasteiger partial charge in [-0.3, -0.25) is 4.79 Å². The van der Waals surface area contributed by atoms with Crippen LogP contribution in [0.15, 0.2) is 29.2 Å². The number of amides is 1. The number of hydrogen-bond acceptors (Lipinski definition) is 4. The number of hydrogen-bond donors (Lipinski definition) is 1. The highest BCUT2D eigenvalue weighted by Crippen LogP contribution is 2.20. The number of benzene rings is 1. The lowest BCUT2D eigenvalue weighted by atomic mass is 10.1. The molecule has 0 radical (unpaired) electrons. The summed E-state index contributed by atoms with van der Waals surface area (Å²) in [7, 11) is -3.55. The van der Waals surface area contributed by atoms with Crippen LogP contribution in [0.2, 0.25) is 0 Å². The Bertz CT molecular complexity index is 710. The molecule has 1 atom stereocenters. The Morgan fingerprint density at radius 3 is 2.38 bits per heavy atom. The van der Waals surface area contributed by atoms with E-state index in [2.05, 4.69) is 5.32 Å². The van der Waals surface area contributed by atoms with Crippen molar-refractivity contribution in [1.29, 1.82) is 0 Å². The lowest BCUT2D eigenvalue weighted by Crippen LogP contribution is -2.44. The summed E-state index contributed by atoms with van der Waals surface area (Å²) in [5.74, 6) is -0.124. The van der Waals surface area contributed by atoms with Crippen LogP contribution in [-0.2, 0) is 14.8 Å². The third-order valence-corrected chi connectivity index (χ3v) is 7.03. The van der Waals surface area contributed by atoms with E-state index in [-0.39, 0.29) is 22.9 Å². The van der Waals surface area contributed by atoms with Crippen LogP contribution < -0.4 is 5.32 Å². The Kier molecular flexibility index (Phi) is 6.32. The third-order valence-electron chi connectivity index (χ3n) is 5.15. The maximum atomic E-state index is 12.7. The molecule has 1 saturated carbocycles. The molecular weight excluding hydrogens is 352 g/mol. The Hall–Kier alpha value is -1.44. The van der Waals surface area contributed by atoms with E-state index in [1.807, 2.05) is 6.92 Å². The van der Waals surface area contributed by atoms with E-state index < -0.39 is 10.0 Å². The van der Waals surface area contributed by atoms with Crippen LogP contribution in [0, 0.1) is 0 Å². The van der Waals surface area contributed by atoms with Crippen LogP contribution in [0.1, 0.15) is 55.8 Å². The quantitative estimate of drug-likeness (QED) is 0.815. The monoisotopic (exact) mass is 380 g/mol. The van der Waals surface area contributed by atoms with E-state index in [1.165, 1.54) is 29.3 Å². The van der Waals surface area contributed by atoms with Crippen molar-refractivity contribution in [2.24, 2.45) is 0 Å². The molecule has 26 heavy (non-hydrogen) atoms. The molecule has 1 unspecified atom stereocenters. The molecule has 0 bridgehead atoms. The van der Waals surface area contributed by atoms with E-state index in [9.17, 15) is 13.2 Å². The number of sulfonamides is 1. The average Bonchev–Trinajstić information content (AvgIpc) is 2.90. The van der Waals surface area contributed by atoms with Crippen molar-refractivity contribution in [3.8, 4) is 0 Å². The number of morpholine rings is 1. The van der Waals surface area contributed by atoms with Crippen molar-refractivity contribution in [1.82, 2.24) is 9.62 Å². The molecule has 3 rings (SSSR count). The van der Waals surface area contributed by atoms with Crippen LogP contribution >= 0.6 is 0 Å². The maximum Gasteiger partial charge on any atom is 0.251 e. The first-order valence-electron chi connectivity index (χ1n) is 9.49. The van der Waals surface area contributed by atoms with Crippen LogP contribution in [0.4, 0.5) is 0 Å². The smallest absolute Gasteiger partial charge is 0.251 e. The standard InChI is InChI=1S/C19H28N2O4S/c1-15-14-21(12-13-25-15)26(23,24)18-10-8-16(9-11-18)19(22)20-17-6-4-2-3-5-7-17/h8-11,15,17H,2-7,12-14H2,1H3,(H,20,22). The largest absolute Gasteiger partial charge is 0.376 e. The summed E-state index contributed by atoms with van der Waals surface area (Å²) in [5, 5.41) is 3.09. The van der Waals surface area contributed by atoms with E-state index in [4.69, 9.17) is 4.74 Å². The zero-order valence-corrected chi connectivity index (χ0v) is 16.1. The molecule has 144 valence electrons. The SMILES string of the molecule is CC1CN(S(=O)(=O)c2ccc(C(=O)NC3CCCCCC3)cc2)CCO1. The molecule has 1 amide bonds. The lowest BCUT2D eigenvalue weighted by molar-refractivity contribution is 0.0102. The highest BCUT2D eigenvalue weighted by molar-refractivity contribution is 7.89. The van der Waals surface area contributed by atoms with Crippen molar-refractivity contribution in [3.63, 3.8) is 0 Å². The van der Waals surface area contributed by atoms with Gasteiger partial charge in [-0.1, -0.05) is 25.7 Å². The van der Waals surface area contributed by atoms with Gasteiger partial charge in [-0.25, -0.2) is 8.42 Å². The molecule has 1 saturated heterocycles. The number of nitrogens with one attached hydrogen (secondary N) is 1. The van der Waals surface area contributed by atoms with Gasteiger partial charge >= 0.3 is 0 Å². The fourth-order valence-corrected chi connectivity index (χ4v) is 5.12. The summed E-state index contributed by atoms with van der Waals surface area (Å²) >= 11 is 0. The predicted octanol–water partition coefficient (Wildman–Crippen LogP) is 2.55. The second-order valence-corrected chi connectivity index (χ2v) is 9.17. The molecule has 1 aromatic rings. The molecule has 0 aromatic heterocycles. The summed E-state index contributed by atoms with van der Waals surface area (Å²) in [6.07, 6.45) is 6.71. The molecule has 1 aliphatic carbocycles. The summed E-state index contributed by atoms with van der Waals surface area (Å²) < 4.78 is 32.3. The lowest BCUT2D eigenvalue weighted by Gasteiger charge is -2.30. The zero-order valence-electron chi connectivity index (χ0n) is 15.3. The second-order valence-electron chi connectivity index (χ2n) is 7.23. The number of carbonyl (C=O) groups is 1. The summed E-state index contributed by atoms with van der Waals surface area (Å²) in [6, 6.07) is 6.48. The highest BCUT2D eigenvalue weighted by atomic mass is 32.2. The van der Waals surface area contributed by atoms with Crippen molar-refractivity contribution in [3.05, 3.63) is 29.8 Å². The predicted molar refractivity (Wildman–Crippen MR) is 99.6 cm³/mol. The van der Waals surface area contributed by atoms with Gasteiger partial charge in [0.2, 0.25) is 10.0 Å². The van der Waals surface area contributed by atoms with Crippen LogP contribution in [-0.4, -0.2) is 50.5 Å². The van der Waals surface area contributed by atoms with Gasteiger partial charge in [-0.05, 0) is 44.0 Å². The van der Waals surface area contributed by atoms with E-state index in [0.717, 1.165) is 25.7 Å². The zero-order chi connectivity index (χ0) is 18.6. The minimum atomic E-state index is -3.55. The Morgan fingerprint density at radius 2 is 1.77 bits per heavy atom. The number of carbonyl (C=O) groups excluding carboxylic acids is 1. The fourth-order valence-electron chi connectivity index (χ4n) is 3.62. The normalized spacial score (nSPS) is 23.3. The topological polar surface area (TPSA) is 75.7 Å². The summed E-state index contributed by atoms with van der Waals surface area (Å²) in [6.45, 7) is 2.98. The van der Waals surface area contributed by atoms with Gasteiger partial charge in [-0.15, -0.1) is 0 Å². The van der Waals surface area contributed by atoms with Crippen molar-refractivity contribution < 1.29 is 17.9 Å². The first kappa shape index (κ1) is 19.3. The molecule has 1 aliphatic heterocycles. The van der Waals surface area contributed by atoms with Crippen LogP contribution in [0.3, 0.4) is 0 Å². The Labute approximate surface area is 156 Å². The number of nitrogens with zero attached hydrogens (tertiary/aromatic N) is 1. The third kappa shape index (κ3) is 4.64. The van der Waals surface area contributed by atoms with Crippen LogP contribution in [0.5, 0.6) is 0 Å². The highest BCUT2D eigenvalue weighted by Gasteiger charge is 2.29. The van der Waals surface area contributed by atoms with Gasteiger partial charge < -0.3 is 10.1 Å². The van der Waals surface area contributed by atoms with Crippen molar-refractivity contribution in [2.45, 2.75) is 62.5 Å². The Morgan fingerprint density at radius 1 is 1.12 bits per heavy atom. The molecular formula is C19H28N2O4S. The fraction of sp³-hybridized carbons (Fsp3) is 0.632. The summed E-state index contributed by atoms with van der Waals surface area (Å²) in [5.41, 5.74) is 0.503. The minimum absolute atomic E-state index is 0.108. The van der Waals surface area contributed by atoms with Gasteiger partial charge in [0.1, 0.15) is 0 Å². The Balaban J connectivity index is 1.66. The van der Waals surface area contributed by atoms with Gasteiger partial charge in [-0.2, -0.15) is 4.31 Å². The van der Waals surface area contributed by atoms with E-state index >= 15 is 0 Å². The van der Waals surface area contributed by atoms with Crippen molar-refractivity contribution >= 4 is 15.9 Å². The first-order valence-corrected chi connectivity index (χ1v) is 10.9. The molecule has 0 spiro atoms. The molecule has 7 heteroatoms. The average molecular weight is 381 g/mol. The molecule has 1 aromatic carbocycles. The van der Waals surface area contributed by atoms with E-state index in [1.54, 1.807) is 12.1 Å².